The third kappa shape index (κ3) is 2.06. The van der Waals surface area contributed by atoms with E-state index in [0.29, 0.717) is 5.76 Å². The molecule has 1 aromatic rings. The van der Waals surface area contributed by atoms with Crippen LogP contribution in [0.15, 0.2) is 10.6 Å². The normalized spacial score (nSPS) is 12.8. The molecule has 0 aromatic carbocycles. The second kappa shape index (κ2) is 3.36. The molecule has 0 aliphatic rings. The summed E-state index contributed by atoms with van der Waals surface area (Å²) in [4.78, 5) is 10.3. The molecule has 0 saturated carbocycles. The third-order valence-electron chi connectivity index (χ3n) is 1.27. The molecule has 0 aliphatic heterocycles. The summed E-state index contributed by atoms with van der Waals surface area (Å²) in [5.74, 6) is -0.752. The fraction of sp³-hybridized carbons (Fsp3) is 0.429. The third-order valence-corrected chi connectivity index (χ3v) is 1.27. The standard InChI is InChI=1S/C7H9NO4/c1-4(9)2-5-3-6(7(10)11)8-12-5/h3-4,9H,2H2,1H3,(H,10,11). The summed E-state index contributed by atoms with van der Waals surface area (Å²) in [5.41, 5.74) is -0.134. The topological polar surface area (TPSA) is 83.6 Å². The fourth-order valence-electron chi connectivity index (χ4n) is 0.801. The highest BCUT2D eigenvalue weighted by molar-refractivity contribution is 5.85. The molecule has 1 heterocycles. The summed E-state index contributed by atoms with van der Waals surface area (Å²) in [6.07, 6.45) is -0.278. The highest BCUT2D eigenvalue weighted by Crippen LogP contribution is 2.05. The number of aromatic carboxylic acids is 1. The number of hydrogen-bond acceptors (Lipinski definition) is 4. The Bertz CT molecular complexity index is 279. The van der Waals surface area contributed by atoms with Crippen LogP contribution in [0.25, 0.3) is 0 Å². The lowest BCUT2D eigenvalue weighted by molar-refractivity contribution is 0.0685. The molecule has 1 atom stereocenters. The maximum absolute atomic E-state index is 10.3. The molecule has 0 saturated heterocycles. The average Bonchev–Trinajstić information content (AvgIpc) is 2.34. The number of hydrogen-bond donors (Lipinski definition) is 2. The minimum absolute atomic E-state index is 0.134. The zero-order valence-corrected chi connectivity index (χ0v) is 6.52. The number of nitrogens with zero attached hydrogens (tertiary/aromatic N) is 1. The summed E-state index contributed by atoms with van der Waals surface area (Å²) in [7, 11) is 0. The van der Waals surface area contributed by atoms with Gasteiger partial charge in [0.2, 0.25) is 0 Å². The second-order valence-electron chi connectivity index (χ2n) is 2.54. The van der Waals surface area contributed by atoms with Crippen molar-refractivity contribution in [2.75, 3.05) is 0 Å². The van der Waals surface area contributed by atoms with Crippen molar-refractivity contribution in [3.8, 4) is 0 Å². The molecular weight excluding hydrogens is 162 g/mol. The van der Waals surface area contributed by atoms with Gasteiger partial charge in [0.1, 0.15) is 5.76 Å². The largest absolute Gasteiger partial charge is 0.476 e. The lowest BCUT2D eigenvalue weighted by atomic mass is 10.2. The van der Waals surface area contributed by atoms with Crippen LogP contribution in [0.5, 0.6) is 0 Å². The van der Waals surface area contributed by atoms with E-state index in [0.717, 1.165) is 0 Å². The minimum Gasteiger partial charge on any atom is -0.476 e. The molecule has 0 spiro atoms. The molecule has 0 radical (unpaired) electrons. The van der Waals surface area contributed by atoms with E-state index in [4.69, 9.17) is 10.2 Å². The molecule has 0 fully saturated rings. The zero-order valence-electron chi connectivity index (χ0n) is 6.52. The minimum atomic E-state index is -1.13. The first-order valence-electron chi connectivity index (χ1n) is 3.46. The maximum atomic E-state index is 10.3. The van der Waals surface area contributed by atoms with E-state index in [9.17, 15) is 4.79 Å². The number of carboxylic acid groups (broad SMARTS) is 1. The molecule has 1 aromatic heterocycles. The van der Waals surface area contributed by atoms with Gasteiger partial charge in [0.25, 0.3) is 0 Å². The van der Waals surface area contributed by atoms with Gasteiger partial charge in [0, 0.05) is 12.5 Å². The van der Waals surface area contributed by atoms with Crippen molar-refractivity contribution in [2.24, 2.45) is 0 Å². The van der Waals surface area contributed by atoms with Gasteiger partial charge < -0.3 is 14.7 Å². The summed E-state index contributed by atoms with van der Waals surface area (Å²) < 4.78 is 4.65. The van der Waals surface area contributed by atoms with Crippen LogP contribution in [-0.2, 0) is 6.42 Å². The van der Waals surface area contributed by atoms with Crippen molar-refractivity contribution >= 4 is 5.97 Å². The average molecular weight is 171 g/mol. The maximum Gasteiger partial charge on any atom is 0.358 e. The molecule has 2 N–H and O–H groups in total. The van der Waals surface area contributed by atoms with E-state index < -0.39 is 12.1 Å². The van der Waals surface area contributed by atoms with E-state index >= 15 is 0 Å². The summed E-state index contributed by atoms with van der Waals surface area (Å²) in [6, 6.07) is 1.30. The van der Waals surface area contributed by atoms with Crippen molar-refractivity contribution in [1.82, 2.24) is 5.16 Å². The van der Waals surface area contributed by atoms with Crippen LogP contribution in [0.3, 0.4) is 0 Å². The smallest absolute Gasteiger partial charge is 0.358 e. The van der Waals surface area contributed by atoms with Crippen LogP contribution >= 0.6 is 0 Å². The first kappa shape index (κ1) is 8.73. The predicted octanol–water partition coefficient (Wildman–Crippen LogP) is 0.296. The molecule has 12 heavy (non-hydrogen) atoms. The summed E-state index contributed by atoms with van der Waals surface area (Å²) >= 11 is 0. The lowest BCUT2D eigenvalue weighted by Crippen LogP contribution is -2.02. The van der Waals surface area contributed by atoms with E-state index in [1.165, 1.54) is 6.07 Å². The fourth-order valence-corrected chi connectivity index (χ4v) is 0.801. The van der Waals surface area contributed by atoms with E-state index in [2.05, 4.69) is 9.68 Å². The Hall–Kier alpha value is -1.36. The summed E-state index contributed by atoms with van der Waals surface area (Å²) in [5, 5.41) is 20.6. The Balaban J connectivity index is 2.71. The van der Waals surface area contributed by atoms with Gasteiger partial charge in [-0.1, -0.05) is 5.16 Å². The number of aliphatic hydroxyl groups excluding tert-OH is 1. The Morgan fingerprint density at radius 2 is 2.50 bits per heavy atom. The number of aliphatic hydroxyl groups is 1. The highest BCUT2D eigenvalue weighted by atomic mass is 16.5. The number of rotatable bonds is 3. The number of carbonyl (C=O) groups is 1. The van der Waals surface area contributed by atoms with Gasteiger partial charge in [-0.05, 0) is 6.92 Å². The van der Waals surface area contributed by atoms with Gasteiger partial charge in [0.15, 0.2) is 5.69 Å². The Morgan fingerprint density at radius 3 is 2.92 bits per heavy atom. The van der Waals surface area contributed by atoms with Crippen LogP contribution in [0, 0.1) is 0 Å². The van der Waals surface area contributed by atoms with Crippen LogP contribution in [-0.4, -0.2) is 27.4 Å². The SMILES string of the molecule is CC(O)Cc1cc(C(=O)O)no1. The van der Waals surface area contributed by atoms with Gasteiger partial charge in [-0.25, -0.2) is 4.79 Å². The van der Waals surface area contributed by atoms with E-state index in [1.807, 2.05) is 0 Å². The van der Waals surface area contributed by atoms with Gasteiger partial charge in [-0.3, -0.25) is 0 Å². The van der Waals surface area contributed by atoms with Crippen LogP contribution in [0.2, 0.25) is 0 Å². The molecule has 5 nitrogen and oxygen atoms in total. The molecular formula is C7H9NO4. The Morgan fingerprint density at radius 1 is 1.83 bits per heavy atom. The summed E-state index contributed by atoms with van der Waals surface area (Å²) in [6.45, 7) is 1.59. The molecule has 0 aliphatic carbocycles. The second-order valence-corrected chi connectivity index (χ2v) is 2.54. The molecule has 0 amide bonds. The lowest BCUT2D eigenvalue weighted by Gasteiger charge is -1.96. The quantitative estimate of drug-likeness (QED) is 0.683. The van der Waals surface area contributed by atoms with Gasteiger partial charge in [-0.2, -0.15) is 0 Å². The van der Waals surface area contributed by atoms with Crippen molar-refractivity contribution in [2.45, 2.75) is 19.4 Å². The first-order valence-corrected chi connectivity index (χ1v) is 3.46. The predicted molar refractivity (Wildman–Crippen MR) is 38.8 cm³/mol. The van der Waals surface area contributed by atoms with Crippen molar-refractivity contribution in [3.63, 3.8) is 0 Å². The van der Waals surface area contributed by atoms with Gasteiger partial charge in [-0.15, -0.1) is 0 Å². The Labute approximate surface area is 68.6 Å². The van der Waals surface area contributed by atoms with Crippen molar-refractivity contribution in [3.05, 3.63) is 17.5 Å². The number of carboxylic acids is 1. The molecule has 1 rings (SSSR count). The number of aromatic nitrogens is 1. The molecule has 1 unspecified atom stereocenters. The molecule has 66 valence electrons. The zero-order chi connectivity index (χ0) is 9.14. The first-order chi connectivity index (χ1) is 5.59. The monoisotopic (exact) mass is 171 g/mol. The van der Waals surface area contributed by atoms with E-state index in [1.54, 1.807) is 6.92 Å². The Kier molecular flexibility index (Phi) is 2.44. The van der Waals surface area contributed by atoms with Crippen LogP contribution in [0.1, 0.15) is 23.2 Å². The van der Waals surface area contributed by atoms with Crippen molar-refractivity contribution < 1.29 is 19.5 Å². The van der Waals surface area contributed by atoms with Crippen LogP contribution < -0.4 is 0 Å². The van der Waals surface area contributed by atoms with E-state index in [-0.39, 0.29) is 12.1 Å². The van der Waals surface area contributed by atoms with Gasteiger partial charge in [0.05, 0.1) is 6.10 Å². The van der Waals surface area contributed by atoms with Crippen LogP contribution in [0.4, 0.5) is 0 Å². The van der Waals surface area contributed by atoms with Gasteiger partial charge >= 0.3 is 5.97 Å². The highest BCUT2D eigenvalue weighted by Gasteiger charge is 2.11. The van der Waals surface area contributed by atoms with Crippen molar-refractivity contribution in [1.29, 1.82) is 0 Å². The molecule has 0 bridgehead atoms. The molecule has 5 heteroatoms.